The molecule has 6 nitrogen and oxygen atoms in total. The maximum absolute atomic E-state index is 12.5. The standard InChI is InChI=1S/C72H137NO5/c1-3-5-7-9-11-13-15-17-19-36-40-44-48-52-56-60-64-70(75)69(68-74)73-71(76)65-61-57-53-49-45-41-37-34-32-30-28-26-24-22-21-23-25-27-29-31-33-35-39-43-47-51-55-59-63-67-78-72(77)66-62-58-54-50-46-42-38-20-18-16-14-12-10-8-6-4-2/h14,16,20,38,60,64,69-70,74-75H,3-13,15,17-19,21-37,39-59,61-63,65-68H2,1-2H3,(H,73,76)/b16-14-,38-20-,64-60+. The van der Waals surface area contributed by atoms with Gasteiger partial charge in [-0.15, -0.1) is 0 Å². The molecule has 0 fully saturated rings. The fourth-order valence-corrected chi connectivity index (χ4v) is 11.0. The SMILES string of the molecule is CCCCCC/C=C\C/C=C\CCCCCCCC(=O)OCCCCCCCCCCCCCCCCCCCCCCCCCCCCCCCC(=O)NC(CO)C(O)/C=C/CCCCCCCCCCCCCCCC. The smallest absolute Gasteiger partial charge is 0.305 e. The summed E-state index contributed by atoms with van der Waals surface area (Å²) in [6, 6.07) is -0.625. The number of aliphatic hydroxyl groups excluding tert-OH is 2. The van der Waals surface area contributed by atoms with Crippen molar-refractivity contribution in [2.45, 2.75) is 398 Å². The van der Waals surface area contributed by atoms with Crippen molar-refractivity contribution in [1.29, 1.82) is 0 Å². The van der Waals surface area contributed by atoms with Gasteiger partial charge in [0.25, 0.3) is 0 Å². The monoisotopic (exact) mass is 1100 g/mol. The van der Waals surface area contributed by atoms with E-state index in [2.05, 4.69) is 43.5 Å². The van der Waals surface area contributed by atoms with Crippen LogP contribution in [0.5, 0.6) is 0 Å². The topological polar surface area (TPSA) is 95.9 Å². The van der Waals surface area contributed by atoms with Crippen LogP contribution in [0.15, 0.2) is 36.5 Å². The van der Waals surface area contributed by atoms with Crippen molar-refractivity contribution >= 4 is 11.9 Å². The van der Waals surface area contributed by atoms with Crippen molar-refractivity contribution in [3.63, 3.8) is 0 Å². The van der Waals surface area contributed by atoms with E-state index >= 15 is 0 Å². The zero-order valence-electron chi connectivity index (χ0n) is 52.7. The molecule has 0 aliphatic rings. The Bertz CT molecular complexity index is 1260. The predicted molar refractivity (Wildman–Crippen MR) is 343 cm³/mol. The Labute approximate surface area is 487 Å². The number of nitrogens with one attached hydrogen (secondary N) is 1. The number of allylic oxidation sites excluding steroid dienone is 5. The number of unbranched alkanes of at least 4 members (excludes halogenated alkanes) is 51. The second kappa shape index (κ2) is 67.6. The van der Waals surface area contributed by atoms with Crippen molar-refractivity contribution in [3.05, 3.63) is 36.5 Å². The minimum Gasteiger partial charge on any atom is -0.466 e. The molecule has 0 rings (SSSR count). The van der Waals surface area contributed by atoms with Crippen LogP contribution in [0.2, 0.25) is 0 Å². The second-order valence-electron chi connectivity index (χ2n) is 24.2. The summed E-state index contributed by atoms with van der Waals surface area (Å²) in [5.41, 5.74) is 0. The zero-order chi connectivity index (χ0) is 56.4. The summed E-state index contributed by atoms with van der Waals surface area (Å²) in [4.78, 5) is 24.6. The Kier molecular flexibility index (Phi) is 65.9. The van der Waals surface area contributed by atoms with Crippen molar-refractivity contribution in [2.75, 3.05) is 13.2 Å². The van der Waals surface area contributed by atoms with Crippen LogP contribution in [-0.2, 0) is 14.3 Å². The Morgan fingerprint density at radius 2 is 0.641 bits per heavy atom. The molecule has 2 atom stereocenters. The Morgan fingerprint density at radius 3 is 0.987 bits per heavy atom. The molecular formula is C72H137NO5. The highest BCUT2D eigenvalue weighted by Crippen LogP contribution is 2.19. The first-order valence-electron chi connectivity index (χ1n) is 35.3. The quantitative estimate of drug-likeness (QED) is 0.0320. The van der Waals surface area contributed by atoms with Crippen molar-refractivity contribution in [3.8, 4) is 0 Å². The third-order valence-electron chi connectivity index (χ3n) is 16.4. The van der Waals surface area contributed by atoms with Gasteiger partial charge < -0.3 is 20.3 Å². The largest absolute Gasteiger partial charge is 0.466 e. The molecule has 0 aromatic rings. The molecule has 0 spiro atoms. The van der Waals surface area contributed by atoms with Crippen LogP contribution in [0.4, 0.5) is 0 Å². The molecule has 0 heterocycles. The lowest BCUT2D eigenvalue weighted by Crippen LogP contribution is -2.45. The van der Waals surface area contributed by atoms with E-state index in [1.165, 1.54) is 308 Å². The normalized spacial score (nSPS) is 12.7. The lowest BCUT2D eigenvalue weighted by Gasteiger charge is -2.20. The van der Waals surface area contributed by atoms with Gasteiger partial charge in [0, 0.05) is 12.8 Å². The van der Waals surface area contributed by atoms with Crippen LogP contribution >= 0.6 is 0 Å². The number of ether oxygens (including phenoxy) is 1. The molecule has 0 aliphatic carbocycles. The van der Waals surface area contributed by atoms with E-state index in [-0.39, 0.29) is 18.5 Å². The van der Waals surface area contributed by atoms with Crippen LogP contribution in [0.1, 0.15) is 386 Å². The van der Waals surface area contributed by atoms with E-state index in [9.17, 15) is 19.8 Å². The number of aliphatic hydroxyl groups is 2. The van der Waals surface area contributed by atoms with Gasteiger partial charge in [-0.3, -0.25) is 9.59 Å². The molecule has 0 radical (unpaired) electrons. The van der Waals surface area contributed by atoms with E-state index < -0.39 is 12.1 Å². The molecule has 0 aromatic carbocycles. The highest BCUT2D eigenvalue weighted by atomic mass is 16.5. The molecule has 2 unspecified atom stereocenters. The van der Waals surface area contributed by atoms with Crippen molar-refractivity contribution in [1.82, 2.24) is 5.32 Å². The fourth-order valence-electron chi connectivity index (χ4n) is 11.0. The molecule has 0 saturated heterocycles. The summed E-state index contributed by atoms with van der Waals surface area (Å²) in [6.07, 6.45) is 86.5. The highest BCUT2D eigenvalue weighted by molar-refractivity contribution is 5.76. The summed E-state index contributed by atoms with van der Waals surface area (Å²) in [6.45, 7) is 4.91. The predicted octanol–water partition coefficient (Wildman–Crippen LogP) is 22.7. The maximum atomic E-state index is 12.5. The van der Waals surface area contributed by atoms with Gasteiger partial charge in [-0.2, -0.15) is 0 Å². The number of esters is 1. The summed E-state index contributed by atoms with van der Waals surface area (Å²) >= 11 is 0. The molecule has 0 saturated carbocycles. The number of amides is 1. The van der Waals surface area contributed by atoms with Gasteiger partial charge in [-0.25, -0.2) is 0 Å². The number of carbonyl (C=O) groups is 2. The lowest BCUT2D eigenvalue weighted by molar-refractivity contribution is -0.143. The van der Waals surface area contributed by atoms with E-state index in [1.807, 2.05) is 6.08 Å². The highest BCUT2D eigenvalue weighted by Gasteiger charge is 2.18. The Balaban J connectivity index is 3.36. The van der Waals surface area contributed by atoms with Crippen molar-refractivity contribution < 1.29 is 24.5 Å². The average Bonchev–Trinajstić information content (AvgIpc) is 3.44. The lowest BCUT2D eigenvalue weighted by atomic mass is 10.0. The van der Waals surface area contributed by atoms with E-state index in [4.69, 9.17) is 4.74 Å². The van der Waals surface area contributed by atoms with Gasteiger partial charge in [0.2, 0.25) is 5.91 Å². The molecule has 0 aromatic heterocycles. The van der Waals surface area contributed by atoms with Crippen molar-refractivity contribution in [2.24, 2.45) is 0 Å². The molecule has 3 N–H and O–H groups in total. The Morgan fingerprint density at radius 1 is 0.359 bits per heavy atom. The van der Waals surface area contributed by atoms with Crippen LogP contribution in [0.3, 0.4) is 0 Å². The fraction of sp³-hybridized carbons (Fsp3) is 0.889. The van der Waals surface area contributed by atoms with Gasteiger partial charge in [0.1, 0.15) is 0 Å². The minimum absolute atomic E-state index is 0.00599. The first kappa shape index (κ1) is 76.1. The van der Waals surface area contributed by atoms with Gasteiger partial charge in [-0.05, 0) is 64.2 Å². The molecule has 1 amide bonds. The Hall–Kier alpha value is -1.92. The van der Waals surface area contributed by atoms with E-state index in [1.54, 1.807) is 6.08 Å². The molecular weight excluding hydrogens is 959 g/mol. The number of hydrogen-bond acceptors (Lipinski definition) is 5. The summed E-state index contributed by atoms with van der Waals surface area (Å²) in [5, 5.41) is 23.2. The summed E-state index contributed by atoms with van der Waals surface area (Å²) in [7, 11) is 0. The second-order valence-corrected chi connectivity index (χ2v) is 24.2. The molecule has 6 heteroatoms. The zero-order valence-corrected chi connectivity index (χ0v) is 52.7. The number of hydrogen-bond donors (Lipinski definition) is 3. The van der Waals surface area contributed by atoms with Crippen LogP contribution in [-0.4, -0.2) is 47.4 Å². The van der Waals surface area contributed by atoms with E-state index in [0.717, 1.165) is 51.4 Å². The van der Waals surface area contributed by atoms with Crippen LogP contribution in [0.25, 0.3) is 0 Å². The number of rotatable bonds is 66. The van der Waals surface area contributed by atoms with E-state index in [0.29, 0.717) is 19.4 Å². The first-order chi connectivity index (χ1) is 38.5. The summed E-state index contributed by atoms with van der Waals surface area (Å²) < 4.78 is 5.49. The molecule has 0 bridgehead atoms. The molecule has 460 valence electrons. The molecule has 0 aliphatic heterocycles. The van der Waals surface area contributed by atoms with Gasteiger partial charge in [0.15, 0.2) is 0 Å². The van der Waals surface area contributed by atoms with Crippen LogP contribution in [0, 0.1) is 0 Å². The van der Waals surface area contributed by atoms with Gasteiger partial charge >= 0.3 is 5.97 Å². The number of carbonyl (C=O) groups excluding carboxylic acids is 2. The average molecular weight is 1100 g/mol. The molecule has 78 heavy (non-hydrogen) atoms. The van der Waals surface area contributed by atoms with Gasteiger partial charge in [-0.1, -0.05) is 346 Å². The minimum atomic E-state index is -0.842. The third kappa shape index (κ3) is 63.3. The summed E-state index contributed by atoms with van der Waals surface area (Å²) in [5.74, 6) is -0.0561. The van der Waals surface area contributed by atoms with Gasteiger partial charge in [0.05, 0.1) is 25.4 Å². The van der Waals surface area contributed by atoms with Crippen LogP contribution < -0.4 is 5.32 Å². The third-order valence-corrected chi connectivity index (χ3v) is 16.4. The maximum Gasteiger partial charge on any atom is 0.305 e. The first-order valence-corrected chi connectivity index (χ1v) is 35.3.